The number of carbonyl (C=O) groups is 2. The maximum absolute atomic E-state index is 12.1. The zero-order valence-electron chi connectivity index (χ0n) is 11.5. The quantitative estimate of drug-likeness (QED) is 0.393. The molecule has 1 aliphatic rings. The van der Waals surface area contributed by atoms with Crippen LogP contribution < -0.4 is 5.32 Å². The summed E-state index contributed by atoms with van der Waals surface area (Å²) in [5.74, 6) is -1.14. The van der Waals surface area contributed by atoms with Gasteiger partial charge in [0.15, 0.2) is 0 Å². The van der Waals surface area contributed by atoms with Gasteiger partial charge in [-0.1, -0.05) is 30.3 Å². The number of benzene rings is 1. The van der Waals surface area contributed by atoms with Crippen LogP contribution in [0.5, 0.6) is 0 Å². The molecule has 0 unspecified atom stereocenters. The fourth-order valence-electron chi connectivity index (χ4n) is 1.68. The number of ether oxygens (including phenoxy) is 1. The highest BCUT2D eigenvalue weighted by molar-refractivity contribution is 7.80. The molecule has 0 saturated carbocycles. The van der Waals surface area contributed by atoms with Crippen molar-refractivity contribution in [3.05, 3.63) is 47.7 Å². The fraction of sp³-hybridized carbons (Fsp3) is 0.143. The van der Waals surface area contributed by atoms with Crippen molar-refractivity contribution in [3.8, 4) is 0 Å². The number of methoxy groups -OCH3 is 1. The van der Waals surface area contributed by atoms with E-state index in [1.165, 1.54) is 7.11 Å². The number of hydrogen-bond donors (Lipinski definition) is 1. The van der Waals surface area contributed by atoms with Crippen LogP contribution in [0, 0.1) is 0 Å². The number of nitrogens with one attached hydrogen (secondary N) is 1. The first-order valence-corrected chi connectivity index (χ1v) is 6.49. The van der Waals surface area contributed by atoms with E-state index in [1.807, 2.05) is 30.3 Å². The predicted octanol–water partition coefficient (Wildman–Crippen LogP) is 1.18. The fourth-order valence-corrected chi connectivity index (χ4v) is 1.91. The highest BCUT2D eigenvalue weighted by Gasteiger charge is 2.31. The van der Waals surface area contributed by atoms with Crippen molar-refractivity contribution in [1.82, 2.24) is 10.3 Å². The Morgan fingerprint density at radius 3 is 2.67 bits per heavy atom. The smallest absolute Gasteiger partial charge is 0.332 e. The standard InChI is InChI=1S/C14H13N3O3S/c1-9(10-6-4-3-5-7-10)16-17-13(19)11(15-14(17)21)8-12(18)20-2/h3-8H,1-2H3,(H,15,21)/b11-8-,16-9-. The molecule has 108 valence electrons. The Bertz CT molecular complexity index is 653. The largest absolute Gasteiger partial charge is 0.466 e. The average Bonchev–Trinajstić information content (AvgIpc) is 2.75. The summed E-state index contributed by atoms with van der Waals surface area (Å²) in [6.45, 7) is 1.77. The van der Waals surface area contributed by atoms with E-state index >= 15 is 0 Å². The Hall–Kier alpha value is -2.54. The Morgan fingerprint density at radius 1 is 1.38 bits per heavy atom. The van der Waals surface area contributed by atoms with Crippen LogP contribution in [-0.4, -0.2) is 34.8 Å². The second kappa shape index (κ2) is 6.27. The lowest BCUT2D eigenvalue weighted by molar-refractivity contribution is -0.135. The molecule has 1 aromatic rings. The van der Waals surface area contributed by atoms with Crippen molar-refractivity contribution in [2.24, 2.45) is 5.10 Å². The molecule has 0 radical (unpaired) electrons. The molecular weight excluding hydrogens is 290 g/mol. The second-order valence-electron chi connectivity index (χ2n) is 4.18. The van der Waals surface area contributed by atoms with Gasteiger partial charge in [0.2, 0.25) is 5.11 Å². The van der Waals surface area contributed by atoms with Crippen molar-refractivity contribution < 1.29 is 14.3 Å². The second-order valence-corrected chi connectivity index (χ2v) is 4.57. The van der Waals surface area contributed by atoms with Gasteiger partial charge >= 0.3 is 5.97 Å². The minimum Gasteiger partial charge on any atom is -0.466 e. The molecule has 1 saturated heterocycles. The SMILES string of the molecule is COC(=O)/C=C1\NC(=S)N(/N=C(/C)c2ccccc2)C1=O. The number of carbonyl (C=O) groups excluding carboxylic acids is 2. The summed E-state index contributed by atoms with van der Waals surface area (Å²) in [4.78, 5) is 23.3. The molecule has 1 aliphatic heterocycles. The Balaban J connectivity index is 2.25. The number of hydrazone groups is 1. The van der Waals surface area contributed by atoms with E-state index in [1.54, 1.807) is 6.92 Å². The third kappa shape index (κ3) is 3.32. The molecule has 0 bridgehead atoms. The van der Waals surface area contributed by atoms with Crippen LogP contribution in [0.2, 0.25) is 0 Å². The molecule has 1 heterocycles. The highest BCUT2D eigenvalue weighted by atomic mass is 32.1. The topological polar surface area (TPSA) is 71.0 Å². The number of amides is 1. The molecule has 1 aromatic carbocycles. The van der Waals surface area contributed by atoms with Gasteiger partial charge in [-0.3, -0.25) is 4.79 Å². The van der Waals surface area contributed by atoms with Gasteiger partial charge in [-0.15, -0.1) is 0 Å². The molecule has 0 spiro atoms. The maximum Gasteiger partial charge on any atom is 0.332 e. The first-order valence-electron chi connectivity index (χ1n) is 6.08. The number of esters is 1. The normalized spacial score (nSPS) is 17.1. The van der Waals surface area contributed by atoms with Crippen LogP contribution in [0.1, 0.15) is 12.5 Å². The molecule has 7 heteroatoms. The average molecular weight is 303 g/mol. The highest BCUT2D eigenvalue weighted by Crippen LogP contribution is 2.12. The zero-order valence-corrected chi connectivity index (χ0v) is 12.3. The minimum atomic E-state index is -0.640. The maximum atomic E-state index is 12.1. The monoisotopic (exact) mass is 303 g/mol. The lowest BCUT2D eigenvalue weighted by Gasteiger charge is -2.08. The molecule has 6 nitrogen and oxygen atoms in total. The molecule has 1 fully saturated rings. The molecule has 1 amide bonds. The van der Waals surface area contributed by atoms with E-state index < -0.39 is 11.9 Å². The van der Waals surface area contributed by atoms with Crippen LogP contribution >= 0.6 is 12.2 Å². The minimum absolute atomic E-state index is 0.0384. The number of thiocarbonyl (C=S) groups is 1. The first kappa shape index (κ1) is 14.9. The third-order valence-electron chi connectivity index (χ3n) is 2.76. The zero-order chi connectivity index (χ0) is 15.4. The van der Waals surface area contributed by atoms with Crippen molar-refractivity contribution in [1.29, 1.82) is 0 Å². The lowest BCUT2D eigenvalue weighted by Crippen LogP contribution is -2.26. The van der Waals surface area contributed by atoms with E-state index in [2.05, 4.69) is 15.2 Å². The molecule has 1 N–H and O–H groups in total. The Labute approximate surface area is 127 Å². The van der Waals surface area contributed by atoms with Gasteiger partial charge in [0.25, 0.3) is 5.91 Å². The van der Waals surface area contributed by atoms with Gasteiger partial charge in [0.1, 0.15) is 5.70 Å². The van der Waals surface area contributed by atoms with Crippen molar-refractivity contribution in [2.45, 2.75) is 6.92 Å². The summed E-state index contributed by atoms with van der Waals surface area (Å²) >= 11 is 5.05. The molecule has 0 aromatic heterocycles. The Kier molecular flexibility index (Phi) is 4.44. The molecule has 2 rings (SSSR count). The summed E-state index contributed by atoms with van der Waals surface area (Å²) in [6, 6.07) is 9.39. The molecular formula is C14H13N3O3S. The van der Waals surface area contributed by atoms with Crippen LogP contribution in [0.3, 0.4) is 0 Å². The van der Waals surface area contributed by atoms with E-state index in [0.29, 0.717) is 5.71 Å². The van der Waals surface area contributed by atoms with Gasteiger partial charge in [-0.25, -0.2) is 4.79 Å². The first-order chi connectivity index (χ1) is 10.0. The number of nitrogens with zero attached hydrogens (tertiary/aromatic N) is 2. The number of hydrogen-bond acceptors (Lipinski definition) is 5. The summed E-state index contributed by atoms with van der Waals surface area (Å²) in [6.07, 6.45) is 1.04. The van der Waals surface area contributed by atoms with Crippen molar-refractivity contribution in [2.75, 3.05) is 7.11 Å². The van der Waals surface area contributed by atoms with Crippen LogP contribution in [0.4, 0.5) is 0 Å². The van der Waals surface area contributed by atoms with Gasteiger partial charge in [-0.2, -0.15) is 10.1 Å². The van der Waals surface area contributed by atoms with E-state index in [9.17, 15) is 9.59 Å². The summed E-state index contributed by atoms with van der Waals surface area (Å²) < 4.78 is 4.48. The van der Waals surface area contributed by atoms with E-state index in [0.717, 1.165) is 16.6 Å². The number of rotatable bonds is 3. The van der Waals surface area contributed by atoms with Crippen LogP contribution in [-0.2, 0) is 14.3 Å². The summed E-state index contributed by atoms with van der Waals surface area (Å²) in [5.41, 5.74) is 1.54. The summed E-state index contributed by atoms with van der Waals surface area (Å²) in [7, 11) is 1.23. The van der Waals surface area contributed by atoms with Crippen molar-refractivity contribution in [3.63, 3.8) is 0 Å². The van der Waals surface area contributed by atoms with E-state index in [-0.39, 0.29) is 10.8 Å². The summed E-state index contributed by atoms with van der Waals surface area (Å²) in [5, 5.41) is 8.00. The molecule has 0 atom stereocenters. The van der Waals surface area contributed by atoms with Crippen molar-refractivity contribution >= 4 is 34.9 Å². The predicted molar refractivity (Wildman–Crippen MR) is 81.3 cm³/mol. The molecule has 21 heavy (non-hydrogen) atoms. The van der Waals surface area contributed by atoms with Gasteiger partial charge in [0, 0.05) is 0 Å². The van der Waals surface area contributed by atoms with Crippen LogP contribution in [0.25, 0.3) is 0 Å². The van der Waals surface area contributed by atoms with Gasteiger partial charge < -0.3 is 10.1 Å². The van der Waals surface area contributed by atoms with E-state index in [4.69, 9.17) is 12.2 Å². The lowest BCUT2D eigenvalue weighted by atomic mass is 10.1. The van der Waals surface area contributed by atoms with Gasteiger partial charge in [-0.05, 0) is 24.7 Å². The van der Waals surface area contributed by atoms with Gasteiger partial charge in [0.05, 0.1) is 18.9 Å². The van der Waals surface area contributed by atoms with Crippen LogP contribution in [0.15, 0.2) is 47.2 Å². The Morgan fingerprint density at radius 2 is 2.05 bits per heavy atom. The third-order valence-corrected chi connectivity index (χ3v) is 3.04. The molecule has 0 aliphatic carbocycles.